The van der Waals surface area contributed by atoms with E-state index in [1.54, 1.807) is 0 Å². The van der Waals surface area contributed by atoms with Gasteiger partial charge in [-0.3, -0.25) is 0 Å². The minimum Gasteiger partial charge on any atom is -0.502 e. The van der Waals surface area contributed by atoms with Gasteiger partial charge >= 0.3 is 0 Å². The maximum Gasteiger partial charge on any atom is 0.205 e. The van der Waals surface area contributed by atoms with Crippen molar-refractivity contribution in [3.8, 4) is 0 Å². The first-order valence-electron chi connectivity index (χ1n) is 11.8. The number of aliphatic hydroxyl groups excluding tert-OH is 2. The zero-order valence-corrected chi connectivity index (χ0v) is 19.5. The molecule has 0 saturated carbocycles. The molecule has 0 bridgehead atoms. The predicted octanol–water partition coefficient (Wildman–Crippen LogP) is 6.42. The Labute approximate surface area is 208 Å². The van der Waals surface area contributed by atoms with Gasteiger partial charge in [0.05, 0.1) is 22.1 Å². The van der Waals surface area contributed by atoms with Gasteiger partial charge in [-0.15, -0.1) is 0 Å². The molecule has 0 fully saturated rings. The van der Waals surface area contributed by atoms with E-state index in [-0.39, 0.29) is 23.2 Å². The maximum absolute atomic E-state index is 11.4. The van der Waals surface area contributed by atoms with Crippen molar-refractivity contribution in [1.82, 2.24) is 19.1 Å². The standard InChI is InChI=1S/C30H24N4O2/c35-27(29-31-23-15-7-9-17-25(23)33(29)19-21-11-3-1-4-12-21)28(36)30-32-24-16-8-10-18-26(24)34(30)20-22-13-5-2-6-14-22/h1-18,35-36H,19-20H2. The monoisotopic (exact) mass is 472 g/mol. The van der Waals surface area contributed by atoms with Crippen LogP contribution in [0.3, 0.4) is 0 Å². The van der Waals surface area contributed by atoms with Crippen molar-refractivity contribution in [2.24, 2.45) is 0 Å². The lowest BCUT2D eigenvalue weighted by atomic mass is 10.2. The zero-order chi connectivity index (χ0) is 24.5. The number of aromatic nitrogens is 4. The van der Waals surface area contributed by atoms with Gasteiger partial charge in [0.15, 0.2) is 11.6 Å². The summed E-state index contributed by atoms with van der Waals surface area (Å²) in [4.78, 5) is 9.36. The number of benzene rings is 4. The van der Waals surface area contributed by atoms with E-state index in [4.69, 9.17) is 0 Å². The largest absolute Gasteiger partial charge is 0.502 e. The van der Waals surface area contributed by atoms with Gasteiger partial charge in [0.25, 0.3) is 0 Å². The topological polar surface area (TPSA) is 76.1 Å². The summed E-state index contributed by atoms with van der Waals surface area (Å²) < 4.78 is 3.83. The summed E-state index contributed by atoms with van der Waals surface area (Å²) in [5, 5.41) is 22.8. The van der Waals surface area contributed by atoms with E-state index in [0.29, 0.717) is 13.1 Å². The summed E-state index contributed by atoms with van der Waals surface area (Å²) in [6.07, 6.45) is 0. The summed E-state index contributed by atoms with van der Waals surface area (Å²) >= 11 is 0. The van der Waals surface area contributed by atoms with Crippen molar-refractivity contribution < 1.29 is 10.2 Å². The van der Waals surface area contributed by atoms with E-state index in [2.05, 4.69) is 9.97 Å². The Bertz CT molecular complexity index is 1570. The normalized spacial score (nSPS) is 12.2. The predicted molar refractivity (Wildman–Crippen MR) is 143 cm³/mol. The number of nitrogens with zero attached hydrogens (tertiary/aromatic N) is 4. The SMILES string of the molecule is OC(=C(O)c1nc2ccccc2n1Cc1ccccc1)c1nc2ccccc2n1Cc1ccccc1. The fourth-order valence-electron chi connectivity index (χ4n) is 4.58. The van der Waals surface area contributed by atoms with Crippen LogP contribution < -0.4 is 0 Å². The van der Waals surface area contributed by atoms with Crippen LogP contribution in [0, 0.1) is 0 Å². The first-order chi connectivity index (χ1) is 17.7. The van der Waals surface area contributed by atoms with Crippen LogP contribution in [-0.4, -0.2) is 29.3 Å². The third kappa shape index (κ3) is 3.88. The first-order valence-corrected chi connectivity index (χ1v) is 11.8. The Morgan fingerprint density at radius 3 is 1.28 bits per heavy atom. The molecule has 36 heavy (non-hydrogen) atoms. The molecule has 0 aliphatic heterocycles. The number of para-hydroxylation sites is 4. The molecule has 2 heterocycles. The smallest absolute Gasteiger partial charge is 0.205 e. The summed E-state index contributed by atoms with van der Waals surface area (Å²) in [6, 6.07) is 35.4. The van der Waals surface area contributed by atoms with Gasteiger partial charge in [-0.2, -0.15) is 0 Å². The number of hydrogen-bond acceptors (Lipinski definition) is 4. The lowest BCUT2D eigenvalue weighted by Crippen LogP contribution is -2.09. The number of aliphatic hydroxyl groups is 2. The fraction of sp³-hybridized carbons (Fsp3) is 0.0667. The molecular formula is C30H24N4O2. The average Bonchev–Trinajstić information content (AvgIpc) is 3.48. The molecule has 176 valence electrons. The molecule has 0 aliphatic carbocycles. The quantitative estimate of drug-likeness (QED) is 0.274. The van der Waals surface area contributed by atoms with Gasteiger partial charge in [-0.1, -0.05) is 84.9 Å². The Morgan fingerprint density at radius 1 is 0.500 bits per heavy atom. The molecule has 6 nitrogen and oxygen atoms in total. The Hall–Kier alpha value is -4.84. The number of imidazole rings is 2. The molecule has 4 aromatic carbocycles. The minimum atomic E-state index is -0.313. The van der Waals surface area contributed by atoms with E-state index in [0.717, 1.165) is 33.2 Å². The average molecular weight is 473 g/mol. The van der Waals surface area contributed by atoms with Crippen LogP contribution in [0.2, 0.25) is 0 Å². The molecule has 2 aromatic heterocycles. The van der Waals surface area contributed by atoms with Crippen LogP contribution in [0.25, 0.3) is 33.6 Å². The first kappa shape index (κ1) is 21.7. The lowest BCUT2D eigenvalue weighted by molar-refractivity contribution is 0.446. The van der Waals surface area contributed by atoms with Crippen LogP contribution in [0.4, 0.5) is 0 Å². The molecule has 0 spiro atoms. The van der Waals surface area contributed by atoms with Gasteiger partial charge in [0.1, 0.15) is 0 Å². The van der Waals surface area contributed by atoms with Crippen LogP contribution in [-0.2, 0) is 13.1 Å². The molecule has 0 unspecified atom stereocenters. The summed E-state index contributed by atoms with van der Waals surface area (Å²) in [7, 11) is 0. The Balaban J connectivity index is 1.52. The molecule has 0 aliphatic rings. The van der Waals surface area contributed by atoms with Crippen molar-refractivity contribution in [3.05, 3.63) is 132 Å². The van der Waals surface area contributed by atoms with Crippen LogP contribution >= 0.6 is 0 Å². The van der Waals surface area contributed by atoms with E-state index in [1.165, 1.54) is 0 Å². The van der Waals surface area contributed by atoms with Gasteiger partial charge in [-0.05, 0) is 35.4 Å². The Morgan fingerprint density at radius 2 is 0.861 bits per heavy atom. The van der Waals surface area contributed by atoms with Gasteiger partial charge in [-0.25, -0.2) is 9.97 Å². The molecule has 0 atom stereocenters. The molecular weight excluding hydrogens is 448 g/mol. The second-order valence-corrected chi connectivity index (χ2v) is 8.69. The van der Waals surface area contributed by atoms with Crippen molar-refractivity contribution in [1.29, 1.82) is 0 Å². The molecule has 0 amide bonds. The van der Waals surface area contributed by atoms with Crippen molar-refractivity contribution in [3.63, 3.8) is 0 Å². The second kappa shape index (κ2) is 9.07. The van der Waals surface area contributed by atoms with E-state index in [1.807, 2.05) is 118 Å². The zero-order valence-electron chi connectivity index (χ0n) is 19.5. The second-order valence-electron chi connectivity index (χ2n) is 8.69. The lowest BCUT2D eigenvalue weighted by Gasteiger charge is -2.12. The minimum absolute atomic E-state index is 0.288. The molecule has 0 saturated heterocycles. The fourth-order valence-corrected chi connectivity index (χ4v) is 4.58. The highest BCUT2D eigenvalue weighted by molar-refractivity contribution is 5.87. The summed E-state index contributed by atoms with van der Waals surface area (Å²) in [5.74, 6) is -0.0507. The Kier molecular flexibility index (Phi) is 5.46. The van der Waals surface area contributed by atoms with E-state index < -0.39 is 0 Å². The molecule has 6 heteroatoms. The van der Waals surface area contributed by atoms with Crippen molar-refractivity contribution in [2.75, 3.05) is 0 Å². The third-order valence-corrected chi connectivity index (χ3v) is 6.32. The number of fused-ring (bicyclic) bond motifs is 2. The molecule has 2 N–H and O–H groups in total. The number of hydrogen-bond donors (Lipinski definition) is 2. The molecule has 0 radical (unpaired) electrons. The van der Waals surface area contributed by atoms with E-state index >= 15 is 0 Å². The van der Waals surface area contributed by atoms with Gasteiger partial charge < -0.3 is 19.3 Å². The van der Waals surface area contributed by atoms with Gasteiger partial charge in [0.2, 0.25) is 11.5 Å². The van der Waals surface area contributed by atoms with Crippen molar-refractivity contribution in [2.45, 2.75) is 13.1 Å². The highest BCUT2D eigenvalue weighted by Crippen LogP contribution is 2.29. The highest BCUT2D eigenvalue weighted by atomic mass is 16.3. The highest BCUT2D eigenvalue weighted by Gasteiger charge is 2.23. The van der Waals surface area contributed by atoms with Crippen LogP contribution in [0.1, 0.15) is 22.8 Å². The molecule has 6 rings (SSSR count). The van der Waals surface area contributed by atoms with Crippen LogP contribution in [0.15, 0.2) is 109 Å². The number of rotatable bonds is 6. The summed E-state index contributed by atoms with van der Waals surface area (Å²) in [5.41, 5.74) is 5.33. The van der Waals surface area contributed by atoms with Crippen LogP contribution in [0.5, 0.6) is 0 Å². The molecule has 6 aromatic rings. The van der Waals surface area contributed by atoms with E-state index in [9.17, 15) is 10.2 Å². The maximum atomic E-state index is 11.4. The third-order valence-electron chi connectivity index (χ3n) is 6.32. The van der Waals surface area contributed by atoms with Gasteiger partial charge in [0, 0.05) is 13.1 Å². The van der Waals surface area contributed by atoms with Crippen molar-refractivity contribution >= 4 is 33.6 Å². The summed E-state index contributed by atoms with van der Waals surface area (Å²) in [6.45, 7) is 0.989.